The Balaban J connectivity index is 2.03. The van der Waals surface area contributed by atoms with Crippen LogP contribution in [0.1, 0.15) is 19.8 Å². The molecule has 0 radical (unpaired) electrons. The summed E-state index contributed by atoms with van der Waals surface area (Å²) in [5.74, 6) is -1.54. The van der Waals surface area contributed by atoms with Crippen LogP contribution < -0.4 is 5.32 Å². The Morgan fingerprint density at radius 1 is 1.24 bits per heavy atom. The van der Waals surface area contributed by atoms with Gasteiger partial charge in [0.25, 0.3) is 0 Å². The number of hydrogen-bond donors (Lipinski definition) is 1. The fourth-order valence-corrected chi connectivity index (χ4v) is 2.27. The van der Waals surface area contributed by atoms with E-state index < -0.39 is 17.8 Å². The van der Waals surface area contributed by atoms with E-state index >= 15 is 0 Å². The minimum absolute atomic E-state index is 0.0792. The van der Waals surface area contributed by atoms with Crippen molar-refractivity contribution in [3.8, 4) is 0 Å². The molecule has 0 unspecified atom stereocenters. The smallest absolute Gasteiger partial charge is 0.306 e. The zero-order valence-corrected chi connectivity index (χ0v) is 10.2. The minimum atomic E-state index is -0.813. The van der Waals surface area contributed by atoms with Crippen LogP contribution in [0.5, 0.6) is 0 Å². The van der Waals surface area contributed by atoms with Crippen molar-refractivity contribution < 1.29 is 14.4 Å². The Bertz CT molecular complexity index is 372. The van der Waals surface area contributed by atoms with Gasteiger partial charge in [-0.25, -0.2) is 4.79 Å². The maximum atomic E-state index is 11.5. The van der Waals surface area contributed by atoms with Gasteiger partial charge >= 0.3 is 17.8 Å². The first-order valence-electron chi connectivity index (χ1n) is 5.77. The third kappa shape index (κ3) is 2.31. The van der Waals surface area contributed by atoms with Gasteiger partial charge in [-0.2, -0.15) is 0 Å². The van der Waals surface area contributed by atoms with E-state index in [4.69, 9.17) is 0 Å². The van der Waals surface area contributed by atoms with E-state index in [2.05, 4.69) is 18.9 Å². The van der Waals surface area contributed by atoms with E-state index in [9.17, 15) is 14.4 Å². The van der Waals surface area contributed by atoms with Crippen LogP contribution in [0, 0.1) is 5.41 Å². The van der Waals surface area contributed by atoms with Gasteiger partial charge in [0.05, 0.1) is 0 Å². The summed E-state index contributed by atoms with van der Waals surface area (Å²) in [7, 11) is 2.05. The lowest BCUT2D eigenvalue weighted by molar-refractivity contribution is -0.140. The first-order chi connectivity index (χ1) is 7.91. The van der Waals surface area contributed by atoms with Crippen molar-refractivity contribution in [3.05, 3.63) is 0 Å². The van der Waals surface area contributed by atoms with Crippen molar-refractivity contribution in [2.45, 2.75) is 19.8 Å². The second kappa shape index (κ2) is 4.10. The van der Waals surface area contributed by atoms with Gasteiger partial charge in [-0.1, -0.05) is 6.92 Å². The van der Waals surface area contributed by atoms with E-state index in [1.54, 1.807) is 0 Å². The number of nitrogens with zero attached hydrogens (tertiary/aromatic N) is 2. The highest BCUT2D eigenvalue weighted by Gasteiger charge is 2.41. The number of urea groups is 1. The van der Waals surface area contributed by atoms with Gasteiger partial charge in [0.2, 0.25) is 0 Å². The summed E-state index contributed by atoms with van der Waals surface area (Å²) in [6.07, 6.45) is 1.85. The molecule has 0 bridgehead atoms. The molecule has 17 heavy (non-hydrogen) atoms. The van der Waals surface area contributed by atoms with E-state index in [1.807, 2.05) is 5.32 Å². The third-order valence-corrected chi connectivity index (χ3v) is 3.64. The molecule has 2 aliphatic heterocycles. The summed E-state index contributed by atoms with van der Waals surface area (Å²) < 4.78 is 0. The van der Waals surface area contributed by atoms with Crippen LogP contribution in [0.3, 0.4) is 0 Å². The highest BCUT2D eigenvalue weighted by atomic mass is 16.2. The lowest BCUT2D eigenvalue weighted by Gasteiger charge is -2.39. The van der Waals surface area contributed by atoms with Crippen molar-refractivity contribution in [3.63, 3.8) is 0 Å². The predicted molar refractivity (Wildman–Crippen MR) is 60.1 cm³/mol. The molecule has 2 rings (SSSR count). The number of piperidine rings is 1. The van der Waals surface area contributed by atoms with Gasteiger partial charge in [-0.05, 0) is 38.4 Å². The summed E-state index contributed by atoms with van der Waals surface area (Å²) in [6, 6.07) is -0.583. The molecule has 2 fully saturated rings. The summed E-state index contributed by atoms with van der Waals surface area (Å²) in [5.41, 5.74) is -0.0792. The highest BCUT2D eigenvalue weighted by Crippen LogP contribution is 2.31. The lowest BCUT2D eigenvalue weighted by Crippen LogP contribution is -2.45. The minimum Gasteiger partial charge on any atom is -0.306 e. The number of carbonyl (C=O) groups is 3. The van der Waals surface area contributed by atoms with Gasteiger partial charge in [0.15, 0.2) is 0 Å². The summed E-state index contributed by atoms with van der Waals surface area (Å²) >= 11 is 0. The summed E-state index contributed by atoms with van der Waals surface area (Å²) in [4.78, 5) is 37.2. The molecule has 0 spiro atoms. The van der Waals surface area contributed by atoms with E-state index in [0.29, 0.717) is 6.54 Å². The summed E-state index contributed by atoms with van der Waals surface area (Å²) in [6.45, 7) is 4.29. The average molecular weight is 239 g/mol. The summed E-state index contributed by atoms with van der Waals surface area (Å²) in [5, 5.41) is 2.02. The molecule has 2 aliphatic rings. The number of amides is 4. The monoisotopic (exact) mass is 239 g/mol. The molecule has 0 atom stereocenters. The number of nitrogens with one attached hydrogen (secondary N) is 1. The Kier molecular flexibility index (Phi) is 2.91. The standard InChI is InChI=1S/C11H17N3O3/c1-11(3-5-13(2)6-4-11)7-14-9(16)8(15)12-10(14)17/h3-7H2,1-2H3,(H,12,15,17). The molecule has 94 valence electrons. The maximum Gasteiger partial charge on any atom is 0.331 e. The van der Waals surface area contributed by atoms with Crippen molar-refractivity contribution in [2.75, 3.05) is 26.7 Å². The molecule has 4 amide bonds. The van der Waals surface area contributed by atoms with Gasteiger partial charge in [0.1, 0.15) is 0 Å². The fraction of sp³-hybridized carbons (Fsp3) is 0.727. The van der Waals surface area contributed by atoms with Crippen molar-refractivity contribution >= 4 is 17.8 Å². The van der Waals surface area contributed by atoms with Crippen LogP contribution in [0.4, 0.5) is 4.79 Å². The number of likely N-dealkylation sites (tertiary alicyclic amines) is 1. The van der Waals surface area contributed by atoms with Crippen LogP contribution in [-0.4, -0.2) is 54.3 Å². The Morgan fingerprint density at radius 2 is 1.82 bits per heavy atom. The largest absolute Gasteiger partial charge is 0.331 e. The normalized spacial score (nSPS) is 25.3. The SMILES string of the molecule is CN1CCC(C)(CN2C(=O)NC(=O)C2=O)CC1. The van der Waals surface area contributed by atoms with Crippen molar-refractivity contribution in [1.29, 1.82) is 0 Å². The molecule has 2 saturated heterocycles. The van der Waals surface area contributed by atoms with Crippen molar-refractivity contribution in [1.82, 2.24) is 15.1 Å². The van der Waals surface area contributed by atoms with E-state index in [1.165, 1.54) is 0 Å². The number of imide groups is 2. The Hall–Kier alpha value is -1.43. The molecule has 6 heteroatoms. The molecule has 0 aliphatic carbocycles. The van der Waals surface area contributed by atoms with Gasteiger partial charge in [0, 0.05) is 6.54 Å². The molecule has 0 aromatic rings. The first kappa shape index (κ1) is 12.0. The van der Waals surface area contributed by atoms with Gasteiger partial charge in [-0.3, -0.25) is 19.8 Å². The fourth-order valence-electron chi connectivity index (χ4n) is 2.27. The van der Waals surface area contributed by atoms with Crippen molar-refractivity contribution in [2.24, 2.45) is 5.41 Å². The molecule has 0 saturated carbocycles. The number of rotatable bonds is 2. The lowest BCUT2D eigenvalue weighted by atomic mass is 9.80. The van der Waals surface area contributed by atoms with E-state index in [-0.39, 0.29) is 5.41 Å². The Morgan fingerprint density at radius 3 is 2.29 bits per heavy atom. The van der Waals surface area contributed by atoms with Gasteiger partial charge in [-0.15, -0.1) is 0 Å². The Labute approximate surface area is 99.9 Å². The predicted octanol–water partition coefficient (Wildman–Crippen LogP) is -0.203. The molecule has 6 nitrogen and oxygen atoms in total. The van der Waals surface area contributed by atoms with Gasteiger partial charge < -0.3 is 4.90 Å². The molecule has 0 aromatic carbocycles. The quantitative estimate of drug-likeness (QED) is 0.535. The number of carbonyl (C=O) groups excluding carboxylic acids is 3. The number of hydrogen-bond acceptors (Lipinski definition) is 4. The zero-order valence-electron chi connectivity index (χ0n) is 10.2. The van der Waals surface area contributed by atoms with Crippen LogP contribution in [0.15, 0.2) is 0 Å². The van der Waals surface area contributed by atoms with Crippen LogP contribution in [-0.2, 0) is 9.59 Å². The van der Waals surface area contributed by atoms with Crippen LogP contribution in [0.25, 0.3) is 0 Å². The molecule has 0 aromatic heterocycles. The first-order valence-corrected chi connectivity index (χ1v) is 5.77. The topological polar surface area (TPSA) is 69.7 Å². The maximum absolute atomic E-state index is 11.5. The van der Waals surface area contributed by atoms with Crippen LogP contribution in [0.2, 0.25) is 0 Å². The van der Waals surface area contributed by atoms with Crippen LogP contribution >= 0.6 is 0 Å². The highest BCUT2D eigenvalue weighted by molar-refractivity contribution is 6.44. The van der Waals surface area contributed by atoms with E-state index in [0.717, 1.165) is 30.8 Å². The third-order valence-electron chi connectivity index (χ3n) is 3.64. The second-order valence-electron chi connectivity index (χ2n) is 5.26. The molecular formula is C11H17N3O3. The molecular weight excluding hydrogens is 222 g/mol. The second-order valence-corrected chi connectivity index (χ2v) is 5.26. The molecule has 2 heterocycles. The zero-order chi connectivity index (χ0) is 12.6. The molecule has 1 N–H and O–H groups in total. The average Bonchev–Trinajstić information content (AvgIpc) is 2.50.